The van der Waals surface area contributed by atoms with Crippen molar-refractivity contribution in [3.8, 4) is 10.9 Å². The van der Waals surface area contributed by atoms with E-state index >= 15 is 0 Å². The van der Waals surface area contributed by atoms with Crippen LogP contribution < -0.4 is 4.74 Å². The van der Waals surface area contributed by atoms with Crippen LogP contribution in [-0.2, 0) is 24.7 Å². The first-order chi connectivity index (χ1) is 16.0. The van der Waals surface area contributed by atoms with E-state index in [1.807, 2.05) is 16.3 Å². The van der Waals surface area contributed by atoms with Crippen LogP contribution in [0.1, 0.15) is 47.3 Å². The molecule has 1 saturated heterocycles. The minimum Gasteiger partial charge on any atom is -0.497 e. The molecule has 6 nitrogen and oxygen atoms in total. The van der Waals surface area contributed by atoms with Gasteiger partial charge in [-0.05, 0) is 73.9 Å². The normalized spacial score (nSPS) is 30.5. The van der Waals surface area contributed by atoms with Crippen LogP contribution in [0.15, 0.2) is 29.8 Å². The Morgan fingerprint density at radius 2 is 2.15 bits per heavy atom. The maximum absolute atomic E-state index is 12.8. The van der Waals surface area contributed by atoms with E-state index in [0.717, 1.165) is 60.5 Å². The number of nitrogens with zero attached hydrogens (tertiary/aromatic N) is 4. The van der Waals surface area contributed by atoms with Crippen LogP contribution in [-0.4, -0.2) is 56.6 Å². The molecular weight excluding hydrogens is 432 g/mol. The second-order valence-electron chi connectivity index (χ2n) is 10.5. The number of benzene rings is 1. The minimum absolute atomic E-state index is 0.142. The average Bonchev–Trinajstić information content (AvgIpc) is 3.36. The number of aromatic nitrogens is 3. The van der Waals surface area contributed by atoms with E-state index in [1.54, 1.807) is 18.4 Å². The van der Waals surface area contributed by atoms with Crippen LogP contribution in [0.5, 0.6) is 5.75 Å². The van der Waals surface area contributed by atoms with Gasteiger partial charge >= 0.3 is 0 Å². The molecule has 3 heterocycles. The Hall–Kier alpha value is -2.22. The lowest BCUT2D eigenvalue weighted by molar-refractivity contribution is -0.152. The van der Waals surface area contributed by atoms with Gasteiger partial charge in [-0.2, -0.15) is 5.10 Å². The fraction of sp³-hybridized carbons (Fsp3) is 0.538. The summed E-state index contributed by atoms with van der Waals surface area (Å²) in [6, 6.07) is 6.65. The van der Waals surface area contributed by atoms with Crippen molar-refractivity contribution in [3.05, 3.63) is 57.9 Å². The SMILES string of the molecule is COc1ccc2c(c1)[C@]13CCN(CC4CC4)[C@H](C2)[C@]1(O)Cc1c(nn(-c2nccs2)c1C)C3. The third kappa shape index (κ3) is 2.73. The van der Waals surface area contributed by atoms with Gasteiger partial charge in [-0.15, -0.1) is 11.3 Å². The Balaban J connectivity index is 1.41. The van der Waals surface area contributed by atoms with Crippen molar-refractivity contribution >= 4 is 11.3 Å². The van der Waals surface area contributed by atoms with Gasteiger partial charge in [-0.3, -0.25) is 4.90 Å². The highest BCUT2D eigenvalue weighted by Crippen LogP contribution is 2.58. The van der Waals surface area contributed by atoms with Gasteiger partial charge in [0.2, 0.25) is 5.13 Å². The quantitative estimate of drug-likeness (QED) is 0.644. The molecule has 33 heavy (non-hydrogen) atoms. The van der Waals surface area contributed by atoms with Crippen LogP contribution in [0.2, 0.25) is 0 Å². The van der Waals surface area contributed by atoms with Gasteiger partial charge in [0.15, 0.2) is 0 Å². The minimum atomic E-state index is -0.812. The van der Waals surface area contributed by atoms with Crippen LogP contribution in [0.4, 0.5) is 0 Å². The second kappa shape index (κ2) is 6.90. The molecule has 1 aromatic carbocycles. The zero-order chi connectivity index (χ0) is 22.4. The molecule has 7 heteroatoms. The molecule has 3 aromatic rings. The maximum Gasteiger partial charge on any atom is 0.210 e. The summed E-state index contributed by atoms with van der Waals surface area (Å²) in [5.74, 6) is 1.69. The standard InChI is InChI=1S/C26H30N4O2S/c1-16-20-13-26(31)23-11-18-5-6-19(32-2)12-21(18)25(26,7-9-29(23)15-17-3-4-17)14-22(20)28-30(16)24-27-8-10-33-24/h5-6,8,10,12,17,23,31H,3-4,7,9,11,13-15H2,1-2H3/t23-,25-,26-/m1/s1. The number of piperidine rings is 1. The zero-order valence-electron chi connectivity index (χ0n) is 19.3. The lowest BCUT2D eigenvalue weighted by atomic mass is 9.49. The molecule has 1 saturated carbocycles. The van der Waals surface area contributed by atoms with Crippen molar-refractivity contribution in [1.29, 1.82) is 0 Å². The summed E-state index contributed by atoms with van der Waals surface area (Å²) in [6.45, 7) is 4.30. The summed E-state index contributed by atoms with van der Waals surface area (Å²) in [7, 11) is 1.73. The fourth-order valence-electron chi connectivity index (χ4n) is 7.01. The van der Waals surface area contributed by atoms with E-state index in [2.05, 4.69) is 35.0 Å². The fourth-order valence-corrected chi connectivity index (χ4v) is 7.65. The van der Waals surface area contributed by atoms with Gasteiger partial charge in [0.05, 0.1) is 18.4 Å². The van der Waals surface area contributed by atoms with Crippen molar-refractivity contribution in [1.82, 2.24) is 19.7 Å². The van der Waals surface area contributed by atoms with Crippen molar-refractivity contribution < 1.29 is 9.84 Å². The van der Waals surface area contributed by atoms with Gasteiger partial charge in [0.25, 0.3) is 0 Å². The Morgan fingerprint density at radius 3 is 2.91 bits per heavy atom. The first kappa shape index (κ1) is 20.2. The monoisotopic (exact) mass is 462 g/mol. The van der Waals surface area contributed by atoms with E-state index in [0.29, 0.717) is 6.42 Å². The summed E-state index contributed by atoms with van der Waals surface area (Å²) in [4.78, 5) is 7.13. The number of hydrogen-bond acceptors (Lipinski definition) is 6. The number of ether oxygens (including phenoxy) is 1. The largest absolute Gasteiger partial charge is 0.497 e. The first-order valence-electron chi connectivity index (χ1n) is 12.1. The molecule has 4 aliphatic rings. The molecule has 2 bridgehead atoms. The van der Waals surface area contributed by atoms with Crippen molar-refractivity contribution in [3.63, 3.8) is 0 Å². The Labute approximate surface area is 198 Å². The molecule has 0 amide bonds. The number of likely N-dealkylation sites (tertiary alicyclic amines) is 1. The molecule has 1 aliphatic heterocycles. The van der Waals surface area contributed by atoms with E-state index in [1.165, 1.54) is 29.5 Å². The van der Waals surface area contributed by atoms with E-state index in [4.69, 9.17) is 9.84 Å². The van der Waals surface area contributed by atoms with Crippen molar-refractivity contribution in [2.24, 2.45) is 5.92 Å². The predicted molar refractivity (Wildman–Crippen MR) is 127 cm³/mol. The number of thiazole rings is 1. The Morgan fingerprint density at radius 1 is 1.27 bits per heavy atom. The van der Waals surface area contributed by atoms with E-state index < -0.39 is 5.60 Å². The molecule has 3 aliphatic carbocycles. The van der Waals surface area contributed by atoms with Crippen LogP contribution in [0, 0.1) is 12.8 Å². The van der Waals surface area contributed by atoms with Gasteiger partial charge < -0.3 is 9.84 Å². The third-order valence-corrected chi connectivity index (χ3v) is 9.67. The highest BCUT2D eigenvalue weighted by atomic mass is 32.1. The van der Waals surface area contributed by atoms with Crippen molar-refractivity contribution in [2.75, 3.05) is 20.2 Å². The zero-order valence-corrected chi connectivity index (χ0v) is 20.1. The molecular formula is C26H30N4O2S. The molecule has 0 unspecified atom stereocenters. The molecule has 172 valence electrons. The molecule has 0 spiro atoms. The first-order valence-corrected chi connectivity index (χ1v) is 13.0. The van der Waals surface area contributed by atoms with Gasteiger partial charge in [-0.1, -0.05) is 6.07 Å². The number of fused-ring (bicyclic) bond motifs is 2. The molecule has 2 fully saturated rings. The topological polar surface area (TPSA) is 63.4 Å². The van der Waals surface area contributed by atoms with Crippen LogP contribution >= 0.6 is 11.3 Å². The Bertz CT molecular complexity index is 1230. The average molecular weight is 463 g/mol. The molecule has 0 radical (unpaired) electrons. The van der Waals surface area contributed by atoms with E-state index in [9.17, 15) is 5.11 Å². The van der Waals surface area contributed by atoms with Crippen LogP contribution in [0.25, 0.3) is 5.13 Å². The van der Waals surface area contributed by atoms with Crippen LogP contribution in [0.3, 0.4) is 0 Å². The number of methoxy groups -OCH3 is 1. The van der Waals surface area contributed by atoms with Gasteiger partial charge in [0.1, 0.15) is 5.75 Å². The number of aliphatic hydroxyl groups is 1. The van der Waals surface area contributed by atoms with Gasteiger partial charge in [-0.25, -0.2) is 9.67 Å². The maximum atomic E-state index is 12.8. The summed E-state index contributed by atoms with van der Waals surface area (Å²) in [5.41, 5.74) is 4.95. The summed E-state index contributed by atoms with van der Waals surface area (Å²) in [6.07, 6.45) is 7.79. The Kier molecular flexibility index (Phi) is 4.22. The summed E-state index contributed by atoms with van der Waals surface area (Å²) in [5, 5.41) is 20.7. The highest BCUT2D eigenvalue weighted by molar-refractivity contribution is 7.12. The lowest BCUT2D eigenvalue weighted by Crippen LogP contribution is -2.74. The highest BCUT2D eigenvalue weighted by Gasteiger charge is 2.65. The second-order valence-corrected chi connectivity index (χ2v) is 11.4. The van der Waals surface area contributed by atoms with Crippen molar-refractivity contribution in [2.45, 2.75) is 62.5 Å². The molecule has 7 rings (SSSR count). The van der Waals surface area contributed by atoms with E-state index in [-0.39, 0.29) is 11.5 Å². The summed E-state index contributed by atoms with van der Waals surface area (Å²) < 4.78 is 7.62. The number of rotatable bonds is 4. The molecule has 3 atom stereocenters. The predicted octanol–water partition coefficient (Wildman–Crippen LogP) is 3.45. The smallest absolute Gasteiger partial charge is 0.210 e. The summed E-state index contributed by atoms with van der Waals surface area (Å²) >= 11 is 1.61. The molecule has 1 N–H and O–H groups in total. The number of hydrogen-bond donors (Lipinski definition) is 1. The van der Waals surface area contributed by atoms with Gasteiger partial charge in [0, 0.05) is 48.1 Å². The third-order valence-electron chi connectivity index (χ3n) is 8.92. The molecule has 2 aromatic heterocycles. The lowest BCUT2D eigenvalue weighted by Gasteiger charge is -2.63.